The first-order valence-electron chi connectivity index (χ1n) is 5.70. The SMILES string of the molecule is CCC1SCCSC1C(N)c1nccn1C. The van der Waals surface area contributed by atoms with Crippen molar-refractivity contribution in [3.8, 4) is 0 Å². The van der Waals surface area contributed by atoms with E-state index in [4.69, 9.17) is 5.73 Å². The highest BCUT2D eigenvalue weighted by Crippen LogP contribution is 2.38. The summed E-state index contributed by atoms with van der Waals surface area (Å²) in [6, 6.07) is 0.0581. The second kappa shape index (κ2) is 5.47. The van der Waals surface area contributed by atoms with Crippen LogP contribution in [-0.4, -0.2) is 31.6 Å². The average Bonchev–Trinajstić information content (AvgIpc) is 2.74. The molecule has 0 bridgehead atoms. The van der Waals surface area contributed by atoms with Crippen molar-refractivity contribution >= 4 is 23.5 Å². The molecule has 16 heavy (non-hydrogen) atoms. The van der Waals surface area contributed by atoms with Gasteiger partial charge in [0, 0.05) is 41.4 Å². The topological polar surface area (TPSA) is 43.8 Å². The molecule has 1 aliphatic rings. The maximum absolute atomic E-state index is 6.36. The Morgan fingerprint density at radius 2 is 2.31 bits per heavy atom. The van der Waals surface area contributed by atoms with E-state index in [0.29, 0.717) is 10.5 Å². The van der Waals surface area contributed by atoms with Crippen molar-refractivity contribution in [2.75, 3.05) is 11.5 Å². The molecule has 2 N–H and O–H groups in total. The molecule has 3 atom stereocenters. The molecule has 1 saturated heterocycles. The van der Waals surface area contributed by atoms with E-state index in [9.17, 15) is 0 Å². The first-order valence-corrected chi connectivity index (χ1v) is 7.79. The number of nitrogens with zero attached hydrogens (tertiary/aromatic N) is 2. The van der Waals surface area contributed by atoms with E-state index in [-0.39, 0.29) is 6.04 Å². The van der Waals surface area contributed by atoms with Gasteiger partial charge in [0.1, 0.15) is 5.82 Å². The summed E-state index contributed by atoms with van der Waals surface area (Å²) in [5.74, 6) is 3.48. The Kier molecular flexibility index (Phi) is 4.21. The van der Waals surface area contributed by atoms with Crippen molar-refractivity contribution < 1.29 is 0 Å². The molecule has 5 heteroatoms. The fourth-order valence-corrected chi connectivity index (χ4v) is 5.26. The summed E-state index contributed by atoms with van der Waals surface area (Å²) in [4.78, 5) is 4.38. The van der Waals surface area contributed by atoms with E-state index in [1.807, 2.05) is 35.8 Å². The van der Waals surface area contributed by atoms with Crippen molar-refractivity contribution in [2.45, 2.75) is 29.9 Å². The summed E-state index contributed by atoms with van der Waals surface area (Å²) in [6.07, 6.45) is 4.99. The van der Waals surface area contributed by atoms with Gasteiger partial charge in [0.15, 0.2) is 0 Å². The van der Waals surface area contributed by atoms with Crippen molar-refractivity contribution in [3.05, 3.63) is 18.2 Å². The second-order valence-electron chi connectivity index (χ2n) is 4.08. The van der Waals surface area contributed by atoms with Crippen LogP contribution in [0.15, 0.2) is 12.4 Å². The molecule has 2 heterocycles. The molecule has 0 amide bonds. The minimum atomic E-state index is 0.0581. The van der Waals surface area contributed by atoms with Gasteiger partial charge in [-0.3, -0.25) is 0 Å². The van der Waals surface area contributed by atoms with Crippen LogP contribution in [0.2, 0.25) is 0 Å². The number of hydrogen-bond donors (Lipinski definition) is 1. The van der Waals surface area contributed by atoms with Crippen molar-refractivity contribution in [2.24, 2.45) is 12.8 Å². The lowest BCUT2D eigenvalue weighted by atomic mass is 10.1. The Hall–Kier alpha value is -0.130. The van der Waals surface area contributed by atoms with Gasteiger partial charge in [-0.2, -0.15) is 23.5 Å². The number of imidazole rings is 1. The van der Waals surface area contributed by atoms with Gasteiger partial charge in [0.2, 0.25) is 0 Å². The molecule has 1 fully saturated rings. The van der Waals surface area contributed by atoms with Crippen LogP contribution >= 0.6 is 23.5 Å². The average molecular weight is 257 g/mol. The van der Waals surface area contributed by atoms with E-state index in [1.54, 1.807) is 0 Å². The second-order valence-corrected chi connectivity index (χ2v) is 6.71. The fourth-order valence-electron chi connectivity index (χ4n) is 2.12. The molecule has 0 aromatic carbocycles. The largest absolute Gasteiger partial charge is 0.337 e. The highest BCUT2D eigenvalue weighted by molar-refractivity contribution is 8.07. The molecular weight excluding hydrogens is 238 g/mol. The van der Waals surface area contributed by atoms with Crippen LogP contribution in [0.3, 0.4) is 0 Å². The van der Waals surface area contributed by atoms with Gasteiger partial charge in [-0.05, 0) is 6.42 Å². The van der Waals surface area contributed by atoms with Crippen LogP contribution in [0.5, 0.6) is 0 Å². The van der Waals surface area contributed by atoms with Crippen LogP contribution in [-0.2, 0) is 7.05 Å². The van der Waals surface area contributed by atoms with Gasteiger partial charge >= 0.3 is 0 Å². The van der Waals surface area contributed by atoms with Crippen LogP contribution in [0.1, 0.15) is 25.2 Å². The Balaban J connectivity index is 2.13. The highest BCUT2D eigenvalue weighted by Gasteiger charge is 2.32. The van der Waals surface area contributed by atoms with Crippen LogP contribution < -0.4 is 5.73 Å². The zero-order chi connectivity index (χ0) is 11.5. The summed E-state index contributed by atoms with van der Waals surface area (Å²) >= 11 is 4.08. The Bertz CT molecular complexity index is 340. The Morgan fingerprint density at radius 3 is 2.94 bits per heavy atom. The van der Waals surface area contributed by atoms with Gasteiger partial charge in [-0.15, -0.1) is 0 Å². The minimum Gasteiger partial charge on any atom is -0.337 e. The first-order chi connectivity index (χ1) is 7.74. The number of aryl methyl sites for hydroxylation is 1. The van der Waals surface area contributed by atoms with E-state index < -0.39 is 0 Å². The molecule has 0 spiro atoms. The maximum Gasteiger partial charge on any atom is 0.126 e. The normalized spacial score (nSPS) is 27.9. The predicted molar refractivity (Wildman–Crippen MR) is 72.9 cm³/mol. The molecule has 1 aliphatic heterocycles. The van der Waals surface area contributed by atoms with Crippen molar-refractivity contribution in [1.29, 1.82) is 0 Å². The fraction of sp³-hybridized carbons (Fsp3) is 0.727. The molecule has 0 radical (unpaired) electrons. The molecular formula is C11H19N3S2. The molecule has 90 valence electrons. The highest BCUT2D eigenvalue weighted by atomic mass is 32.2. The van der Waals surface area contributed by atoms with Crippen LogP contribution in [0.25, 0.3) is 0 Å². The summed E-state index contributed by atoms with van der Waals surface area (Å²) in [5.41, 5.74) is 6.36. The number of rotatable bonds is 3. The quantitative estimate of drug-likeness (QED) is 0.900. The van der Waals surface area contributed by atoms with Crippen molar-refractivity contribution in [1.82, 2.24) is 9.55 Å². The molecule has 3 nitrogen and oxygen atoms in total. The van der Waals surface area contributed by atoms with E-state index >= 15 is 0 Å². The monoisotopic (exact) mass is 257 g/mol. The van der Waals surface area contributed by atoms with Gasteiger partial charge < -0.3 is 10.3 Å². The van der Waals surface area contributed by atoms with Crippen molar-refractivity contribution in [3.63, 3.8) is 0 Å². The van der Waals surface area contributed by atoms with Gasteiger partial charge in [-0.25, -0.2) is 4.98 Å². The summed E-state index contributed by atoms with van der Waals surface area (Å²) < 4.78 is 2.04. The number of aromatic nitrogens is 2. The lowest BCUT2D eigenvalue weighted by Gasteiger charge is -2.33. The zero-order valence-corrected chi connectivity index (χ0v) is 11.4. The molecule has 3 unspecified atom stereocenters. The third-order valence-electron chi connectivity index (χ3n) is 3.00. The van der Waals surface area contributed by atoms with E-state index in [2.05, 4.69) is 23.7 Å². The smallest absolute Gasteiger partial charge is 0.126 e. The van der Waals surface area contributed by atoms with Gasteiger partial charge in [-0.1, -0.05) is 6.92 Å². The maximum atomic E-state index is 6.36. The minimum absolute atomic E-state index is 0.0581. The third-order valence-corrected chi connectivity index (χ3v) is 6.38. The molecule has 0 aliphatic carbocycles. The van der Waals surface area contributed by atoms with Crippen LogP contribution in [0, 0.1) is 0 Å². The summed E-state index contributed by atoms with van der Waals surface area (Å²) in [5, 5.41) is 1.18. The molecule has 2 rings (SSSR count). The van der Waals surface area contributed by atoms with E-state index in [1.165, 1.54) is 17.9 Å². The zero-order valence-electron chi connectivity index (χ0n) is 9.80. The third kappa shape index (κ3) is 2.41. The molecule has 1 aromatic heterocycles. The first kappa shape index (κ1) is 12.3. The summed E-state index contributed by atoms with van der Waals surface area (Å²) in [6.45, 7) is 2.25. The molecule has 0 saturated carbocycles. The number of nitrogens with two attached hydrogens (primary N) is 1. The lowest BCUT2D eigenvalue weighted by molar-refractivity contribution is 0.579. The number of hydrogen-bond acceptors (Lipinski definition) is 4. The Labute approximate surface area is 106 Å². The van der Waals surface area contributed by atoms with Gasteiger partial charge in [0.05, 0.1) is 6.04 Å². The lowest BCUT2D eigenvalue weighted by Crippen LogP contribution is -2.36. The summed E-state index contributed by atoms with van der Waals surface area (Å²) in [7, 11) is 2.02. The van der Waals surface area contributed by atoms with E-state index in [0.717, 1.165) is 5.82 Å². The molecule has 1 aromatic rings. The standard InChI is InChI=1S/C11H19N3S2/c1-3-8-10(16-7-6-15-8)9(12)11-13-4-5-14(11)2/h4-5,8-10H,3,6-7,12H2,1-2H3. The van der Waals surface area contributed by atoms with Crippen LogP contribution in [0.4, 0.5) is 0 Å². The Morgan fingerprint density at radius 1 is 1.56 bits per heavy atom. The number of thioether (sulfide) groups is 2. The van der Waals surface area contributed by atoms with Gasteiger partial charge in [0.25, 0.3) is 0 Å². The predicted octanol–water partition coefficient (Wildman–Crippen LogP) is 2.05.